The van der Waals surface area contributed by atoms with Crippen LogP contribution >= 0.6 is 0 Å². The number of ether oxygens (including phenoxy) is 1. The molecule has 1 amide bonds. The smallest absolute Gasteiger partial charge is 0.241 e. The zero-order chi connectivity index (χ0) is 15.8. The van der Waals surface area contributed by atoms with Crippen LogP contribution in [0.3, 0.4) is 0 Å². The molecule has 0 atom stereocenters. The van der Waals surface area contributed by atoms with Crippen LogP contribution in [0.4, 0.5) is 5.69 Å². The Balaban J connectivity index is 1.88. The summed E-state index contributed by atoms with van der Waals surface area (Å²) in [5.41, 5.74) is 0.895. The van der Waals surface area contributed by atoms with Crippen molar-refractivity contribution in [3.63, 3.8) is 0 Å². The van der Waals surface area contributed by atoms with Gasteiger partial charge in [0.2, 0.25) is 5.91 Å². The molecule has 0 saturated carbocycles. The Morgan fingerprint density at radius 3 is 2.55 bits per heavy atom. The molecule has 1 aromatic carbocycles. The number of anilines is 1. The summed E-state index contributed by atoms with van der Waals surface area (Å²) in [6.45, 7) is 7.05. The molecule has 1 fully saturated rings. The molecule has 0 spiro atoms. The Kier molecular flexibility index (Phi) is 6.56. The van der Waals surface area contributed by atoms with Crippen LogP contribution in [0.25, 0.3) is 0 Å². The molecule has 0 aromatic heterocycles. The molecule has 0 unspecified atom stereocenters. The van der Waals surface area contributed by atoms with Crippen LogP contribution in [-0.2, 0) is 4.79 Å². The maximum absolute atomic E-state index is 12.3. The molecule has 0 aliphatic carbocycles. The summed E-state index contributed by atoms with van der Waals surface area (Å²) in [6, 6.07) is 7.82. The van der Waals surface area contributed by atoms with Crippen molar-refractivity contribution in [3.8, 4) is 5.75 Å². The number of nitrogens with zero attached hydrogens (tertiary/aromatic N) is 1. The van der Waals surface area contributed by atoms with Gasteiger partial charge >= 0.3 is 0 Å². The lowest BCUT2D eigenvalue weighted by molar-refractivity contribution is -0.129. The second kappa shape index (κ2) is 8.66. The van der Waals surface area contributed by atoms with Gasteiger partial charge < -0.3 is 15.0 Å². The highest BCUT2D eigenvalue weighted by atomic mass is 16.5. The molecule has 1 saturated heterocycles. The van der Waals surface area contributed by atoms with Crippen molar-refractivity contribution in [1.29, 1.82) is 0 Å². The fraction of sp³-hybridized carbons (Fsp3) is 0.611. The maximum atomic E-state index is 12.3. The summed E-state index contributed by atoms with van der Waals surface area (Å²) >= 11 is 0. The number of nitrogens with one attached hydrogen (secondary N) is 1. The average molecular weight is 304 g/mol. The van der Waals surface area contributed by atoms with E-state index in [-0.39, 0.29) is 5.91 Å². The lowest BCUT2D eigenvalue weighted by Crippen LogP contribution is -2.36. The van der Waals surface area contributed by atoms with Crippen molar-refractivity contribution in [2.45, 2.75) is 39.5 Å². The molecule has 4 nitrogen and oxygen atoms in total. The van der Waals surface area contributed by atoms with E-state index in [0.717, 1.165) is 37.4 Å². The molecule has 122 valence electrons. The summed E-state index contributed by atoms with van der Waals surface area (Å²) in [5.74, 6) is 1.48. The third-order valence-corrected chi connectivity index (χ3v) is 3.85. The third kappa shape index (κ3) is 5.24. The topological polar surface area (TPSA) is 41.6 Å². The number of likely N-dealkylation sites (tertiary alicyclic amines) is 1. The molecule has 4 heteroatoms. The summed E-state index contributed by atoms with van der Waals surface area (Å²) in [7, 11) is 0. The maximum Gasteiger partial charge on any atom is 0.241 e. The van der Waals surface area contributed by atoms with Gasteiger partial charge in [-0.2, -0.15) is 0 Å². The van der Waals surface area contributed by atoms with Gasteiger partial charge in [0.1, 0.15) is 5.75 Å². The number of carbonyl (C=O) groups is 1. The fourth-order valence-electron chi connectivity index (χ4n) is 2.60. The molecule has 1 aliphatic rings. The van der Waals surface area contributed by atoms with E-state index in [9.17, 15) is 4.79 Å². The second-order valence-electron chi connectivity index (χ2n) is 6.35. The van der Waals surface area contributed by atoms with Gasteiger partial charge in [0, 0.05) is 13.1 Å². The second-order valence-corrected chi connectivity index (χ2v) is 6.35. The van der Waals surface area contributed by atoms with Gasteiger partial charge in [0.25, 0.3) is 0 Å². The summed E-state index contributed by atoms with van der Waals surface area (Å²) in [4.78, 5) is 14.3. The molecule has 1 heterocycles. The Labute approximate surface area is 133 Å². The summed E-state index contributed by atoms with van der Waals surface area (Å²) in [5, 5.41) is 3.24. The number of para-hydroxylation sites is 2. The highest BCUT2D eigenvalue weighted by Gasteiger charge is 2.15. The number of hydrogen-bond donors (Lipinski definition) is 1. The third-order valence-electron chi connectivity index (χ3n) is 3.85. The molecule has 0 bridgehead atoms. The minimum atomic E-state index is 0.181. The van der Waals surface area contributed by atoms with Crippen LogP contribution in [0, 0.1) is 5.92 Å². The van der Waals surface area contributed by atoms with Gasteiger partial charge in [-0.15, -0.1) is 0 Å². The first-order valence-corrected chi connectivity index (χ1v) is 8.40. The molecule has 1 aromatic rings. The van der Waals surface area contributed by atoms with E-state index >= 15 is 0 Å². The average Bonchev–Trinajstić information content (AvgIpc) is 2.80. The van der Waals surface area contributed by atoms with Gasteiger partial charge in [0.05, 0.1) is 18.8 Å². The molecule has 0 radical (unpaired) electrons. The number of hydrogen-bond acceptors (Lipinski definition) is 3. The van der Waals surface area contributed by atoms with Crippen molar-refractivity contribution in [2.24, 2.45) is 5.92 Å². The van der Waals surface area contributed by atoms with Gasteiger partial charge in [-0.05, 0) is 30.9 Å². The van der Waals surface area contributed by atoms with E-state index in [4.69, 9.17) is 4.74 Å². The first kappa shape index (κ1) is 16.7. The number of carbonyl (C=O) groups excluding carboxylic acids is 1. The van der Waals surface area contributed by atoms with E-state index < -0.39 is 0 Å². The number of rotatable bonds is 6. The first-order chi connectivity index (χ1) is 10.7. The molecular formula is C18H28N2O2. The van der Waals surface area contributed by atoms with E-state index in [1.54, 1.807) is 0 Å². The van der Waals surface area contributed by atoms with Gasteiger partial charge in [-0.3, -0.25) is 4.79 Å². The largest absolute Gasteiger partial charge is 0.491 e. The number of benzene rings is 1. The SMILES string of the molecule is CC(C)COc1ccccc1NCC(=O)N1CCCCCC1. The van der Waals surface area contributed by atoms with E-state index in [1.807, 2.05) is 29.2 Å². The van der Waals surface area contributed by atoms with Crippen molar-refractivity contribution < 1.29 is 9.53 Å². The van der Waals surface area contributed by atoms with Crippen molar-refractivity contribution in [1.82, 2.24) is 4.90 Å². The normalized spacial score (nSPS) is 15.5. The van der Waals surface area contributed by atoms with Crippen molar-refractivity contribution in [2.75, 3.05) is 31.6 Å². The van der Waals surface area contributed by atoms with Gasteiger partial charge in [-0.1, -0.05) is 38.8 Å². The van der Waals surface area contributed by atoms with Crippen LogP contribution < -0.4 is 10.1 Å². The fourth-order valence-corrected chi connectivity index (χ4v) is 2.60. The zero-order valence-electron chi connectivity index (χ0n) is 13.8. The van der Waals surface area contributed by atoms with Crippen LogP contribution in [0.5, 0.6) is 5.75 Å². The highest BCUT2D eigenvalue weighted by molar-refractivity contribution is 5.81. The predicted molar refractivity (Wildman–Crippen MR) is 90.3 cm³/mol. The Hall–Kier alpha value is -1.71. The van der Waals surface area contributed by atoms with Crippen LogP contribution in [0.15, 0.2) is 24.3 Å². The van der Waals surface area contributed by atoms with E-state index in [0.29, 0.717) is 19.1 Å². The highest BCUT2D eigenvalue weighted by Crippen LogP contribution is 2.24. The van der Waals surface area contributed by atoms with Crippen LogP contribution in [-0.4, -0.2) is 37.0 Å². The summed E-state index contributed by atoms with van der Waals surface area (Å²) in [6.07, 6.45) is 4.73. The number of amides is 1. The van der Waals surface area contributed by atoms with E-state index in [2.05, 4.69) is 19.2 Å². The Morgan fingerprint density at radius 2 is 1.86 bits per heavy atom. The monoisotopic (exact) mass is 304 g/mol. The Morgan fingerprint density at radius 1 is 1.18 bits per heavy atom. The molecule has 2 rings (SSSR count). The van der Waals surface area contributed by atoms with Crippen LogP contribution in [0.1, 0.15) is 39.5 Å². The first-order valence-electron chi connectivity index (χ1n) is 8.40. The van der Waals surface area contributed by atoms with Crippen LogP contribution in [0.2, 0.25) is 0 Å². The minimum Gasteiger partial charge on any atom is -0.491 e. The van der Waals surface area contributed by atoms with Crippen molar-refractivity contribution >= 4 is 11.6 Å². The van der Waals surface area contributed by atoms with Crippen molar-refractivity contribution in [3.05, 3.63) is 24.3 Å². The zero-order valence-corrected chi connectivity index (χ0v) is 13.8. The quantitative estimate of drug-likeness (QED) is 0.874. The van der Waals surface area contributed by atoms with E-state index in [1.165, 1.54) is 12.8 Å². The molecule has 22 heavy (non-hydrogen) atoms. The molecule has 1 N–H and O–H groups in total. The minimum absolute atomic E-state index is 0.181. The predicted octanol–water partition coefficient (Wildman–Crippen LogP) is 3.54. The lowest BCUT2D eigenvalue weighted by Gasteiger charge is -2.21. The molecule has 1 aliphatic heterocycles. The van der Waals surface area contributed by atoms with Gasteiger partial charge in [-0.25, -0.2) is 0 Å². The lowest BCUT2D eigenvalue weighted by atomic mass is 10.2. The Bertz CT molecular complexity index is 466. The standard InChI is InChI=1S/C18H28N2O2/c1-15(2)14-22-17-10-6-5-9-16(17)19-13-18(21)20-11-7-3-4-8-12-20/h5-6,9-10,15,19H,3-4,7-8,11-14H2,1-2H3. The van der Waals surface area contributed by atoms with Gasteiger partial charge in [0.15, 0.2) is 0 Å². The summed E-state index contributed by atoms with van der Waals surface area (Å²) < 4.78 is 5.81. The molecular weight excluding hydrogens is 276 g/mol.